The summed E-state index contributed by atoms with van der Waals surface area (Å²) < 4.78 is 17.1. The molecule has 1 fully saturated rings. The van der Waals surface area contributed by atoms with E-state index in [1.807, 2.05) is 24.3 Å². The maximum absolute atomic E-state index is 12.8. The van der Waals surface area contributed by atoms with Gasteiger partial charge >= 0.3 is 6.01 Å². The van der Waals surface area contributed by atoms with Gasteiger partial charge in [0, 0.05) is 29.8 Å². The van der Waals surface area contributed by atoms with Crippen LogP contribution in [0.4, 0.5) is 5.82 Å². The van der Waals surface area contributed by atoms with Crippen LogP contribution in [0.3, 0.4) is 0 Å². The maximum Gasteiger partial charge on any atom is 0.302 e. The number of hydrogen-bond donors (Lipinski definition) is 2. The van der Waals surface area contributed by atoms with Crippen molar-refractivity contribution in [2.24, 2.45) is 10.9 Å². The molecule has 0 amide bonds. The molecule has 6 rings (SSSR count). The summed E-state index contributed by atoms with van der Waals surface area (Å²) in [5.41, 5.74) is 3.31. The summed E-state index contributed by atoms with van der Waals surface area (Å²) in [5.74, 6) is 1.94. The van der Waals surface area contributed by atoms with E-state index in [2.05, 4.69) is 25.2 Å². The van der Waals surface area contributed by atoms with E-state index < -0.39 is 0 Å². The molecule has 3 aromatic heterocycles. The van der Waals surface area contributed by atoms with Gasteiger partial charge in [-0.1, -0.05) is 0 Å². The van der Waals surface area contributed by atoms with E-state index in [4.69, 9.17) is 13.9 Å². The number of benzene rings is 1. The molecule has 4 aromatic rings. The molecule has 2 unspecified atom stereocenters. The highest BCUT2D eigenvalue weighted by Gasteiger charge is 2.43. The highest BCUT2D eigenvalue weighted by Crippen LogP contribution is 2.45. The first-order valence-corrected chi connectivity index (χ1v) is 10.1. The Morgan fingerprint density at radius 3 is 3.00 bits per heavy atom. The van der Waals surface area contributed by atoms with Crippen molar-refractivity contribution in [3.8, 4) is 17.7 Å². The lowest BCUT2D eigenvalue weighted by atomic mass is 9.72. The van der Waals surface area contributed by atoms with Crippen LogP contribution in [0.1, 0.15) is 36.5 Å². The molecule has 1 aromatic carbocycles. The average Bonchev–Trinajstić information content (AvgIpc) is 3.51. The molecule has 31 heavy (non-hydrogen) atoms. The standard InChI is InChI=1S/C22H19N5O4/c1-29-11-5-6-13-15(9-11)26-22(25-13)31-18-8-7-17(30-18)19-12-10-23-27-21(12)24-14-3-2-4-16(28)20(14)19/h5-10,19-20H,2-4H2,1H3,(H,23,27)(H,25,26). The number of fused-ring (bicyclic) bond motifs is 3. The number of ether oxygens (including phenoxy) is 2. The Bertz CT molecular complexity index is 1330. The van der Waals surface area contributed by atoms with Crippen molar-refractivity contribution in [2.45, 2.75) is 25.2 Å². The van der Waals surface area contributed by atoms with Gasteiger partial charge in [0.05, 0.1) is 36.2 Å². The smallest absolute Gasteiger partial charge is 0.302 e. The van der Waals surface area contributed by atoms with Gasteiger partial charge in [-0.05, 0) is 31.0 Å². The topological polar surface area (TPSA) is 118 Å². The van der Waals surface area contributed by atoms with Crippen molar-refractivity contribution in [1.29, 1.82) is 0 Å². The molecule has 1 saturated carbocycles. The number of aromatic nitrogens is 4. The van der Waals surface area contributed by atoms with Crippen LogP contribution < -0.4 is 9.47 Å². The van der Waals surface area contributed by atoms with Gasteiger partial charge in [0.15, 0.2) is 5.82 Å². The molecule has 0 bridgehead atoms. The number of methoxy groups -OCH3 is 1. The van der Waals surface area contributed by atoms with Gasteiger partial charge in [-0.3, -0.25) is 9.89 Å². The number of nitrogens with zero attached hydrogens (tertiary/aromatic N) is 3. The van der Waals surface area contributed by atoms with Gasteiger partial charge in [-0.2, -0.15) is 10.1 Å². The lowest BCUT2D eigenvalue weighted by Crippen LogP contribution is -2.36. The third-order valence-electron chi connectivity index (χ3n) is 5.91. The summed E-state index contributed by atoms with van der Waals surface area (Å²) in [6.45, 7) is 0. The number of Topliss-reactive ketones (excluding diaryl/α,β-unsaturated/α-hetero) is 1. The number of furan rings is 1. The fraction of sp³-hybridized carbons (Fsp3) is 0.273. The summed E-state index contributed by atoms with van der Waals surface area (Å²) >= 11 is 0. The van der Waals surface area contributed by atoms with E-state index in [9.17, 15) is 4.79 Å². The van der Waals surface area contributed by atoms with E-state index in [1.54, 1.807) is 19.4 Å². The van der Waals surface area contributed by atoms with Gasteiger partial charge < -0.3 is 18.9 Å². The van der Waals surface area contributed by atoms with Crippen molar-refractivity contribution in [2.75, 3.05) is 7.11 Å². The van der Waals surface area contributed by atoms with Crippen molar-refractivity contribution >= 4 is 28.3 Å². The van der Waals surface area contributed by atoms with E-state index in [-0.39, 0.29) is 17.6 Å². The van der Waals surface area contributed by atoms with Crippen LogP contribution in [0.25, 0.3) is 11.0 Å². The largest absolute Gasteiger partial charge is 0.497 e. The average molecular weight is 417 g/mol. The van der Waals surface area contributed by atoms with Crippen LogP contribution >= 0.6 is 0 Å². The van der Waals surface area contributed by atoms with Gasteiger partial charge in [0.25, 0.3) is 5.95 Å². The number of carbonyl (C=O) groups excluding carboxylic acids is 1. The van der Waals surface area contributed by atoms with E-state index >= 15 is 0 Å². The maximum atomic E-state index is 12.8. The minimum Gasteiger partial charge on any atom is -0.497 e. The minimum absolute atomic E-state index is 0.187. The Kier molecular flexibility index (Phi) is 3.95. The van der Waals surface area contributed by atoms with Crippen LogP contribution in [0, 0.1) is 5.92 Å². The number of carbonyl (C=O) groups is 1. The van der Waals surface area contributed by atoms with Gasteiger partial charge in [0.2, 0.25) is 0 Å². The molecule has 0 saturated heterocycles. The third kappa shape index (κ3) is 2.92. The molecule has 156 valence electrons. The summed E-state index contributed by atoms with van der Waals surface area (Å²) in [7, 11) is 1.61. The minimum atomic E-state index is -0.323. The molecule has 2 aliphatic rings. The predicted octanol–water partition coefficient (Wildman–Crippen LogP) is 4.27. The van der Waals surface area contributed by atoms with Crippen LogP contribution in [0.15, 0.2) is 45.9 Å². The fourth-order valence-electron chi connectivity index (χ4n) is 4.48. The molecule has 2 N–H and O–H groups in total. The Morgan fingerprint density at radius 1 is 1.16 bits per heavy atom. The van der Waals surface area contributed by atoms with Crippen molar-refractivity contribution in [3.05, 3.63) is 47.9 Å². The molecule has 1 aliphatic heterocycles. The number of hydrogen-bond acceptors (Lipinski definition) is 7. The van der Waals surface area contributed by atoms with Crippen LogP contribution in [0.2, 0.25) is 0 Å². The van der Waals surface area contributed by atoms with Crippen LogP contribution in [-0.4, -0.2) is 38.8 Å². The van der Waals surface area contributed by atoms with Gasteiger partial charge in [0.1, 0.15) is 17.3 Å². The normalized spacial score (nSPS) is 20.3. The first kappa shape index (κ1) is 17.9. The van der Waals surface area contributed by atoms with Crippen molar-refractivity contribution in [3.63, 3.8) is 0 Å². The van der Waals surface area contributed by atoms with Gasteiger partial charge in [-0.15, -0.1) is 0 Å². The van der Waals surface area contributed by atoms with Crippen molar-refractivity contribution < 1.29 is 18.7 Å². The molecule has 9 nitrogen and oxygen atoms in total. The Labute approximate surface area is 176 Å². The highest BCUT2D eigenvalue weighted by molar-refractivity contribution is 6.10. The van der Waals surface area contributed by atoms with Crippen LogP contribution in [-0.2, 0) is 4.79 Å². The highest BCUT2D eigenvalue weighted by atomic mass is 16.6. The molecule has 1 aliphatic carbocycles. The summed E-state index contributed by atoms with van der Waals surface area (Å²) in [6.07, 6.45) is 3.91. The lowest BCUT2D eigenvalue weighted by molar-refractivity contribution is -0.122. The zero-order valence-electron chi connectivity index (χ0n) is 16.7. The van der Waals surface area contributed by atoms with Crippen LogP contribution in [0.5, 0.6) is 17.7 Å². The summed E-state index contributed by atoms with van der Waals surface area (Å²) in [5, 5.41) is 7.06. The van der Waals surface area contributed by atoms with E-state index in [0.717, 1.165) is 40.9 Å². The summed E-state index contributed by atoms with van der Waals surface area (Å²) in [4.78, 5) is 25.0. The van der Waals surface area contributed by atoms with Gasteiger partial charge in [-0.25, -0.2) is 4.99 Å². The Hall–Kier alpha value is -3.88. The summed E-state index contributed by atoms with van der Waals surface area (Å²) in [6, 6.07) is 9.43. The number of nitrogens with one attached hydrogen (secondary N) is 2. The number of rotatable bonds is 4. The number of aromatic amines is 2. The molecule has 0 spiro atoms. The molecule has 0 radical (unpaired) electrons. The monoisotopic (exact) mass is 417 g/mol. The second-order valence-corrected chi connectivity index (χ2v) is 7.74. The predicted molar refractivity (Wildman–Crippen MR) is 111 cm³/mol. The second kappa shape index (κ2) is 6.83. The molecule has 4 heterocycles. The lowest BCUT2D eigenvalue weighted by Gasteiger charge is -2.32. The number of imidazole rings is 1. The second-order valence-electron chi connectivity index (χ2n) is 7.74. The first-order chi connectivity index (χ1) is 15.2. The Balaban J connectivity index is 1.33. The molecule has 9 heteroatoms. The first-order valence-electron chi connectivity index (χ1n) is 10.1. The third-order valence-corrected chi connectivity index (χ3v) is 5.91. The number of aliphatic imine (C=N–C) groups is 1. The number of H-pyrrole nitrogens is 2. The zero-order valence-corrected chi connectivity index (χ0v) is 16.7. The SMILES string of the molecule is COc1ccc2nc(Oc3ccc(C4c5cn[nH]c5N=C5CCCC(=O)C54)o3)[nH]c2c1. The zero-order chi connectivity index (χ0) is 20.9. The number of ketones is 1. The van der Waals surface area contributed by atoms with Crippen molar-refractivity contribution in [1.82, 2.24) is 20.2 Å². The molecular weight excluding hydrogens is 398 g/mol. The molecular formula is C22H19N5O4. The fourth-order valence-corrected chi connectivity index (χ4v) is 4.48. The van der Waals surface area contributed by atoms with E-state index in [1.165, 1.54) is 0 Å². The Morgan fingerprint density at radius 2 is 2.10 bits per heavy atom. The molecule has 2 atom stereocenters. The van der Waals surface area contributed by atoms with E-state index in [0.29, 0.717) is 30.0 Å². The quantitative estimate of drug-likeness (QED) is 0.512.